The lowest BCUT2D eigenvalue weighted by Gasteiger charge is -2.48. The van der Waals surface area contributed by atoms with E-state index in [1.165, 1.54) is 0 Å². The van der Waals surface area contributed by atoms with Gasteiger partial charge in [-0.25, -0.2) is 0 Å². The topological polar surface area (TPSA) is 54.6 Å². The van der Waals surface area contributed by atoms with Gasteiger partial charge >= 0.3 is 0 Å². The number of piperidine rings is 1. The van der Waals surface area contributed by atoms with Gasteiger partial charge in [0.15, 0.2) is 5.82 Å². The van der Waals surface area contributed by atoms with Crippen LogP contribution in [-0.2, 0) is 11.3 Å². The minimum atomic E-state index is -0.115. The average Bonchev–Trinajstić information content (AvgIpc) is 3.09. The van der Waals surface area contributed by atoms with Crippen molar-refractivity contribution in [2.24, 2.45) is 0 Å². The molecule has 0 bridgehead atoms. The Morgan fingerprint density at radius 2 is 2.12 bits per heavy atom. The van der Waals surface area contributed by atoms with Crippen LogP contribution < -0.4 is 4.90 Å². The second kappa shape index (κ2) is 6.53. The summed E-state index contributed by atoms with van der Waals surface area (Å²) in [6, 6.07) is 8.07. The molecule has 4 heterocycles. The highest BCUT2D eigenvalue weighted by Gasteiger charge is 2.41. The highest BCUT2D eigenvalue weighted by atomic mass is 16.5. The first-order chi connectivity index (χ1) is 11.7. The van der Waals surface area contributed by atoms with Crippen molar-refractivity contribution in [1.29, 1.82) is 0 Å². The van der Waals surface area contributed by atoms with Gasteiger partial charge in [0, 0.05) is 26.2 Å². The highest BCUT2D eigenvalue weighted by Crippen LogP contribution is 2.31. The molecule has 0 aliphatic carbocycles. The van der Waals surface area contributed by atoms with E-state index in [9.17, 15) is 0 Å². The van der Waals surface area contributed by atoms with Crippen molar-refractivity contribution in [2.75, 3.05) is 37.7 Å². The number of aromatic nitrogens is 2. The first kappa shape index (κ1) is 15.6. The molecule has 6 nitrogen and oxygen atoms in total. The van der Waals surface area contributed by atoms with Crippen molar-refractivity contribution in [3.8, 4) is 0 Å². The molecule has 2 saturated heterocycles. The Kier molecular flexibility index (Phi) is 4.24. The van der Waals surface area contributed by atoms with E-state index in [1.54, 1.807) is 6.26 Å². The number of aryl methyl sites for hydroxylation is 1. The summed E-state index contributed by atoms with van der Waals surface area (Å²) in [5.74, 6) is 1.97. The van der Waals surface area contributed by atoms with Gasteiger partial charge < -0.3 is 14.1 Å². The van der Waals surface area contributed by atoms with Crippen LogP contribution in [0.15, 0.2) is 34.9 Å². The van der Waals surface area contributed by atoms with Gasteiger partial charge in [-0.1, -0.05) is 0 Å². The molecule has 6 heteroatoms. The fraction of sp³-hybridized carbons (Fsp3) is 0.556. The smallest absolute Gasteiger partial charge is 0.151 e. The van der Waals surface area contributed by atoms with Crippen molar-refractivity contribution < 1.29 is 9.15 Å². The summed E-state index contributed by atoms with van der Waals surface area (Å²) in [7, 11) is 0. The third kappa shape index (κ3) is 3.30. The molecule has 0 saturated carbocycles. The van der Waals surface area contributed by atoms with Crippen LogP contribution in [0.3, 0.4) is 0 Å². The van der Waals surface area contributed by atoms with Crippen molar-refractivity contribution >= 4 is 5.82 Å². The lowest BCUT2D eigenvalue weighted by molar-refractivity contribution is -0.117. The van der Waals surface area contributed by atoms with Gasteiger partial charge in [-0.15, -0.1) is 5.10 Å². The molecule has 0 unspecified atom stereocenters. The van der Waals surface area contributed by atoms with Crippen molar-refractivity contribution in [2.45, 2.75) is 31.9 Å². The number of rotatable bonds is 3. The molecule has 2 aliphatic rings. The highest BCUT2D eigenvalue weighted by molar-refractivity contribution is 5.38. The molecule has 0 radical (unpaired) electrons. The van der Waals surface area contributed by atoms with Crippen molar-refractivity contribution in [3.63, 3.8) is 0 Å². The van der Waals surface area contributed by atoms with E-state index >= 15 is 0 Å². The molecule has 2 aromatic rings. The predicted molar refractivity (Wildman–Crippen MR) is 90.9 cm³/mol. The van der Waals surface area contributed by atoms with Crippen LogP contribution in [0.4, 0.5) is 5.82 Å². The number of hydrogen-bond acceptors (Lipinski definition) is 6. The third-order valence-corrected chi connectivity index (χ3v) is 4.93. The van der Waals surface area contributed by atoms with Crippen LogP contribution in [0.2, 0.25) is 0 Å². The quantitative estimate of drug-likeness (QED) is 0.861. The zero-order valence-corrected chi connectivity index (χ0v) is 14.1. The Balaban J connectivity index is 1.46. The van der Waals surface area contributed by atoms with Crippen molar-refractivity contribution in [1.82, 2.24) is 15.1 Å². The van der Waals surface area contributed by atoms with E-state index in [0.717, 1.165) is 69.4 Å². The standard InChI is InChI=1S/C18H24N4O2/c1-15-5-6-17(20-19-15)22-8-3-7-18(14-22)13-21(9-11-24-18)12-16-4-2-10-23-16/h2,4-6,10H,3,7-9,11-14H2,1H3/t18-/m1/s1. The fourth-order valence-electron chi connectivity index (χ4n) is 3.78. The van der Waals surface area contributed by atoms with Gasteiger partial charge in [-0.2, -0.15) is 5.10 Å². The second-order valence-corrected chi connectivity index (χ2v) is 6.88. The molecule has 24 heavy (non-hydrogen) atoms. The molecule has 2 aromatic heterocycles. The Labute approximate surface area is 142 Å². The average molecular weight is 328 g/mol. The van der Waals surface area contributed by atoms with Gasteiger partial charge in [-0.05, 0) is 44.0 Å². The molecular weight excluding hydrogens is 304 g/mol. The summed E-state index contributed by atoms with van der Waals surface area (Å²) in [5, 5.41) is 8.55. The number of morpholine rings is 1. The van der Waals surface area contributed by atoms with Crippen molar-refractivity contribution in [3.05, 3.63) is 42.0 Å². The van der Waals surface area contributed by atoms with E-state index in [2.05, 4.69) is 26.1 Å². The zero-order chi connectivity index (χ0) is 16.4. The molecule has 1 atom stereocenters. The molecule has 2 fully saturated rings. The summed E-state index contributed by atoms with van der Waals surface area (Å²) in [6.07, 6.45) is 3.95. The lowest BCUT2D eigenvalue weighted by atomic mass is 9.90. The fourth-order valence-corrected chi connectivity index (χ4v) is 3.78. The van der Waals surface area contributed by atoms with Crippen LogP contribution in [0, 0.1) is 6.92 Å². The number of hydrogen-bond donors (Lipinski definition) is 0. The maximum Gasteiger partial charge on any atom is 0.151 e. The number of furan rings is 1. The molecule has 0 N–H and O–H groups in total. The Morgan fingerprint density at radius 1 is 1.17 bits per heavy atom. The van der Waals surface area contributed by atoms with E-state index in [4.69, 9.17) is 9.15 Å². The monoisotopic (exact) mass is 328 g/mol. The molecule has 2 aliphatic heterocycles. The van der Waals surface area contributed by atoms with Crippen LogP contribution in [-0.4, -0.2) is 53.5 Å². The maximum atomic E-state index is 6.27. The molecule has 0 amide bonds. The molecule has 4 rings (SSSR count). The first-order valence-electron chi connectivity index (χ1n) is 8.66. The largest absolute Gasteiger partial charge is 0.468 e. The van der Waals surface area contributed by atoms with Gasteiger partial charge in [0.2, 0.25) is 0 Å². The number of ether oxygens (including phenoxy) is 1. The lowest BCUT2D eigenvalue weighted by Crippen LogP contribution is -2.59. The molecular formula is C18H24N4O2. The van der Waals surface area contributed by atoms with E-state index < -0.39 is 0 Å². The van der Waals surface area contributed by atoms with Crippen LogP contribution >= 0.6 is 0 Å². The SMILES string of the molecule is Cc1ccc(N2CCC[C@@]3(CN(Cc4ccco4)CCO3)C2)nn1. The normalized spacial score (nSPS) is 25.3. The zero-order valence-electron chi connectivity index (χ0n) is 14.1. The van der Waals surface area contributed by atoms with Crippen LogP contribution in [0.25, 0.3) is 0 Å². The summed E-state index contributed by atoms with van der Waals surface area (Å²) in [6.45, 7) is 7.36. The molecule has 128 valence electrons. The summed E-state index contributed by atoms with van der Waals surface area (Å²) >= 11 is 0. The first-order valence-corrected chi connectivity index (χ1v) is 8.66. The van der Waals surface area contributed by atoms with Gasteiger partial charge in [0.25, 0.3) is 0 Å². The van der Waals surface area contributed by atoms with Gasteiger partial charge in [0.05, 0.1) is 30.7 Å². The Bertz CT molecular complexity index is 654. The number of nitrogens with zero attached hydrogens (tertiary/aromatic N) is 4. The minimum Gasteiger partial charge on any atom is -0.468 e. The van der Waals surface area contributed by atoms with Gasteiger partial charge in [0.1, 0.15) is 5.76 Å². The van der Waals surface area contributed by atoms with Crippen LogP contribution in [0.1, 0.15) is 24.3 Å². The number of anilines is 1. The molecule has 0 aromatic carbocycles. The Morgan fingerprint density at radius 3 is 2.92 bits per heavy atom. The summed E-state index contributed by atoms with van der Waals surface area (Å²) < 4.78 is 11.8. The summed E-state index contributed by atoms with van der Waals surface area (Å²) in [4.78, 5) is 4.75. The molecule has 1 spiro atoms. The van der Waals surface area contributed by atoms with E-state index in [1.807, 2.05) is 25.1 Å². The Hall–Kier alpha value is -1.92. The predicted octanol–water partition coefficient (Wildman–Crippen LogP) is 2.25. The minimum absolute atomic E-state index is 0.115. The third-order valence-electron chi connectivity index (χ3n) is 4.93. The second-order valence-electron chi connectivity index (χ2n) is 6.88. The van der Waals surface area contributed by atoms with E-state index in [0.29, 0.717) is 0 Å². The van der Waals surface area contributed by atoms with E-state index in [-0.39, 0.29) is 5.60 Å². The maximum absolute atomic E-state index is 6.27. The summed E-state index contributed by atoms with van der Waals surface area (Å²) in [5.41, 5.74) is 0.833. The van der Waals surface area contributed by atoms with Crippen LogP contribution in [0.5, 0.6) is 0 Å². The van der Waals surface area contributed by atoms with Gasteiger partial charge in [-0.3, -0.25) is 4.90 Å².